The first-order chi connectivity index (χ1) is 5.36. The molecule has 1 heterocycles. The molecule has 0 aromatic carbocycles. The molecule has 1 rings (SSSR count). The average Bonchev–Trinajstić information content (AvgIpc) is 2.06. The predicted octanol–water partition coefficient (Wildman–Crippen LogP) is 2.02. The molecule has 0 aliphatic rings. The molecule has 1 aromatic heterocycles. The highest BCUT2D eigenvalue weighted by Crippen LogP contribution is 1.98. The lowest BCUT2D eigenvalue weighted by Gasteiger charge is -1.94. The van der Waals surface area contributed by atoms with Crippen LogP contribution in [0.5, 0.6) is 0 Å². The van der Waals surface area contributed by atoms with E-state index in [-0.39, 0.29) is 0 Å². The van der Waals surface area contributed by atoms with Crippen LogP contribution in [-0.2, 0) is 6.42 Å². The van der Waals surface area contributed by atoms with Gasteiger partial charge in [0, 0.05) is 5.69 Å². The van der Waals surface area contributed by atoms with E-state index in [4.69, 9.17) is 0 Å². The molecule has 11 heavy (non-hydrogen) atoms. The van der Waals surface area contributed by atoms with Crippen LogP contribution in [0.4, 0.5) is 0 Å². The van der Waals surface area contributed by atoms with Crippen molar-refractivity contribution in [3.05, 3.63) is 29.6 Å². The summed E-state index contributed by atoms with van der Waals surface area (Å²) in [4.78, 5) is 4.31. The van der Waals surface area contributed by atoms with Gasteiger partial charge < -0.3 is 0 Å². The Labute approximate surface area is 67.5 Å². The maximum absolute atomic E-state index is 4.31. The van der Waals surface area contributed by atoms with Gasteiger partial charge >= 0.3 is 0 Å². The van der Waals surface area contributed by atoms with E-state index >= 15 is 0 Å². The molecule has 0 spiro atoms. The van der Waals surface area contributed by atoms with Gasteiger partial charge in [-0.25, -0.2) is 4.98 Å². The Morgan fingerprint density at radius 3 is 2.91 bits per heavy atom. The molecular weight excluding hydrogens is 134 g/mol. The highest BCUT2D eigenvalue weighted by Gasteiger charge is 1.90. The average molecular weight is 145 g/mol. The number of rotatable bonds is 1. The van der Waals surface area contributed by atoms with E-state index in [9.17, 15) is 0 Å². The second-order valence-corrected chi connectivity index (χ2v) is 2.24. The Balaban J connectivity index is 2.97. The minimum absolute atomic E-state index is 0.867. The van der Waals surface area contributed by atoms with E-state index in [1.54, 1.807) is 0 Å². The highest BCUT2D eigenvalue weighted by atomic mass is 14.7. The van der Waals surface area contributed by atoms with Gasteiger partial charge in [0.25, 0.3) is 0 Å². The summed E-state index contributed by atoms with van der Waals surface area (Å²) in [5.74, 6) is 5.74. The zero-order chi connectivity index (χ0) is 8.10. The molecule has 0 bridgehead atoms. The minimum atomic E-state index is 0.867. The van der Waals surface area contributed by atoms with E-state index < -0.39 is 0 Å². The molecule has 0 saturated heterocycles. The van der Waals surface area contributed by atoms with E-state index in [0.717, 1.165) is 17.8 Å². The van der Waals surface area contributed by atoms with Gasteiger partial charge in [-0.3, -0.25) is 0 Å². The normalized spacial score (nSPS) is 8.55. The van der Waals surface area contributed by atoms with Gasteiger partial charge in [-0.1, -0.05) is 18.9 Å². The fraction of sp³-hybridized carbons (Fsp3) is 0.300. The molecule has 1 heteroatoms. The number of hydrogen-bond acceptors (Lipinski definition) is 1. The monoisotopic (exact) mass is 145 g/mol. The second-order valence-electron chi connectivity index (χ2n) is 2.24. The third-order valence-corrected chi connectivity index (χ3v) is 1.42. The van der Waals surface area contributed by atoms with Gasteiger partial charge in [0.05, 0.1) is 0 Å². The van der Waals surface area contributed by atoms with Gasteiger partial charge in [0.1, 0.15) is 5.69 Å². The Hall–Kier alpha value is -1.29. The second kappa shape index (κ2) is 3.78. The predicted molar refractivity (Wildman–Crippen MR) is 46.2 cm³/mol. The Morgan fingerprint density at radius 2 is 2.27 bits per heavy atom. The molecule has 1 aromatic rings. The fourth-order valence-corrected chi connectivity index (χ4v) is 0.874. The molecule has 0 N–H and O–H groups in total. The van der Waals surface area contributed by atoms with Crippen LogP contribution >= 0.6 is 0 Å². The van der Waals surface area contributed by atoms with Crippen molar-refractivity contribution in [1.29, 1.82) is 0 Å². The lowest BCUT2D eigenvalue weighted by molar-refractivity contribution is 1.03. The molecule has 0 radical (unpaired) electrons. The molecule has 0 fully saturated rings. The summed E-state index contributed by atoms with van der Waals surface area (Å²) in [5, 5.41) is 0. The van der Waals surface area contributed by atoms with Crippen molar-refractivity contribution >= 4 is 0 Å². The number of nitrogens with zero attached hydrogens (tertiary/aromatic N) is 1. The van der Waals surface area contributed by atoms with Crippen LogP contribution < -0.4 is 0 Å². The lowest BCUT2D eigenvalue weighted by Crippen LogP contribution is -1.88. The zero-order valence-electron chi connectivity index (χ0n) is 6.89. The molecule has 0 atom stereocenters. The zero-order valence-corrected chi connectivity index (χ0v) is 6.89. The van der Waals surface area contributed by atoms with Crippen LogP contribution in [0.2, 0.25) is 0 Å². The van der Waals surface area contributed by atoms with Crippen LogP contribution in [0.3, 0.4) is 0 Å². The van der Waals surface area contributed by atoms with E-state index in [0.29, 0.717) is 0 Å². The summed E-state index contributed by atoms with van der Waals surface area (Å²) in [6.07, 6.45) is 0.971. The topological polar surface area (TPSA) is 12.9 Å². The van der Waals surface area contributed by atoms with Crippen molar-refractivity contribution in [3.8, 4) is 11.8 Å². The van der Waals surface area contributed by atoms with Gasteiger partial charge in [-0.15, -0.1) is 0 Å². The maximum atomic E-state index is 4.31. The van der Waals surface area contributed by atoms with E-state index in [1.807, 2.05) is 25.1 Å². The SMILES string of the molecule is CC#Cc1cccc(CC)n1. The third kappa shape index (κ3) is 2.09. The summed E-state index contributed by atoms with van der Waals surface area (Å²) in [6, 6.07) is 5.93. The largest absolute Gasteiger partial charge is 0.244 e. The molecular formula is C10H11N. The number of hydrogen-bond donors (Lipinski definition) is 0. The quantitative estimate of drug-likeness (QED) is 0.551. The summed E-state index contributed by atoms with van der Waals surface area (Å²) in [5.41, 5.74) is 1.97. The Kier molecular flexibility index (Phi) is 2.68. The van der Waals surface area contributed by atoms with E-state index in [2.05, 4.69) is 23.7 Å². The fourth-order valence-electron chi connectivity index (χ4n) is 0.874. The van der Waals surface area contributed by atoms with Crippen LogP contribution in [0, 0.1) is 11.8 Å². The summed E-state index contributed by atoms with van der Waals surface area (Å²) in [6.45, 7) is 3.91. The van der Waals surface area contributed by atoms with Crippen LogP contribution in [0.1, 0.15) is 25.2 Å². The standard InChI is InChI=1S/C10H11N/c1-3-6-10-8-5-7-9(4-2)11-10/h5,7-8H,4H2,1-2H3. The molecule has 0 aliphatic heterocycles. The molecule has 0 unspecified atom stereocenters. The van der Waals surface area contributed by atoms with Crippen molar-refractivity contribution in [3.63, 3.8) is 0 Å². The van der Waals surface area contributed by atoms with E-state index in [1.165, 1.54) is 0 Å². The lowest BCUT2D eigenvalue weighted by atomic mass is 10.2. The molecule has 56 valence electrons. The summed E-state index contributed by atoms with van der Waals surface area (Å²) in [7, 11) is 0. The molecule has 0 aliphatic carbocycles. The van der Waals surface area contributed by atoms with Gasteiger partial charge in [0.2, 0.25) is 0 Å². The summed E-state index contributed by atoms with van der Waals surface area (Å²) < 4.78 is 0. The molecule has 0 amide bonds. The smallest absolute Gasteiger partial charge is 0.113 e. The molecule has 0 saturated carbocycles. The first-order valence-corrected chi connectivity index (χ1v) is 3.75. The van der Waals surface area contributed by atoms with Crippen molar-refractivity contribution in [2.24, 2.45) is 0 Å². The minimum Gasteiger partial charge on any atom is -0.244 e. The van der Waals surface area contributed by atoms with Gasteiger partial charge in [-0.05, 0) is 31.4 Å². The van der Waals surface area contributed by atoms with Crippen LogP contribution in [0.25, 0.3) is 0 Å². The number of aryl methyl sites for hydroxylation is 1. The van der Waals surface area contributed by atoms with Crippen LogP contribution in [-0.4, -0.2) is 4.98 Å². The molecule has 1 nitrogen and oxygen atoms in total. The maximum Gasteiger partial charge on any atom is 0.113 e. The van der Waals surface area contributed by atoms with Gasteiger partial charge in [0.15, 0.2) is 0 Å². The van der Waals surface area contributed by atoms with Gasteiger partial charge in [-0.2, -0.15) is 0 Å². The van der Waals surface area contributed by atoms with Crippen molar-refractivity contribution in [2.75, 3.05) is 0 Å². The first kappa shape index (κ1) is 7.81. The third-order valence-electron chi connectivity index (χ3n) is 1.42. The highest BCUT2D eigenvalue weighted by molar-refractivity contribution is 5.27. The van der Waals surface area contributed by atoms with Crippen molar-refractivity contribution in [2.45, 2.75) is 20.3 Å². The van der Waals surface area contributed by atoms with Crippen molar-refractivity contribution < 1.29 is 0 Å². The van der Waals surface area contributed by atoms with Crippen molar-refractivity contribution in [1.82, 2.24) is 4.98 Å². The number of pyridine rings is 1. The van der Waals surface area contributed by atoms with Crippen LogP contribution in [0.15, 0.2) is 18.2 Å². The number of aromatic nitrogens is 1. The summed E-state index contributed by atoms with van der Waals surface area (Å²) >= 11 is 0. The first-order valence-electron chi connectivity index (χ1n) is 3.75. The Morgan fingerprint density at radius 1 is 1.45 bits per heavy atom. The Bertz CT molecular complexity index is 291.